The number of hydrogen-bond acceptors (Lipinski definition) is 9. The van der Waals surface area contributed by atoms with Crippen molar-refractivity contribution in [1.29, 1.82) is 0 Å². The molecule has 1 aliphatic heterocycles. The highest BCUT2D eigenvalue weighted by atomic mass is 32.1. The average molecular weight is 540 g/mol. The van der Waals surface area contributed by atoms with Gasteiger partial charge in [0.15, 0.2) is 18.0 Å². The molecule has 0 spiro atoms. The molecule has 4 unspecified atom stereocenters. The molecule has 3 aromatic rings. The zero-order valence-corrected chi connectivity index (χ0v) is 21.6. The summed E-state index contributed by atoms with van der Waals surface area (Å²) in [7, 11) is 3.90. The maximum absolute atomic E-state index is 13.1. The van der Waals surface area contributed by atoms with Crippen LogP contribution in [0.2, 0.25) is 0 Å². The molecule has 5 N–H and O–H groups in total. The Morgan fingerprint density at radius 3 is 2.11 bits per heavy atom. The number of anilines is 1. The predicted molar refractivity (Wildman–Crippen MR) is 144 cm³/mol. The van der Waals surface area contributed by atoms with E-state index in [1.165, 1.54) is 11.3 Å². The smallest absolute Gasteiger partial charge is 0.335 e. The molecule has 200 valence electrons. The second-order valence-corrected chi connectivity index (χ2v) is 9.37. The number of aliphatic imine (C=N–C) groups is 1. The second-order valence-electron chi connectivity index (χ2n) is 8.42. The zero-order chi connectivity index (χ0) is 27.8. The Labute approximate surface area is 223 Å². The molecule has 38 heavy (non-hydrogen) atoms. The van der Waals surface area contributed by atoms with Gasteiger partial charge in [0, 0.05) is 23.9 Å². The summed E-state index contributed by atoms with van der Waals surface area (Å²) in [4.78, 5) is 40.6. The van der Waals surface area contributed by atoms with Gasteiger partial charge in [0.05, 0.1) is 29.2 Å². The summed E-state index contributed by atoms with van der Waals surface area (Å²) in [6.07, 6.45) is -4.53. The molecule has 4 rings (SSSR count). The van der Waals surface area contributed by atoms with Crippen molar-refractivity contribution in [3.05, 3.63) is 88.1 Å². The van der Waals surface area contributed by atoms with Gasteiger partial charge in [-0.25, -0.2) is 9.59 Å². The Hall–Kier alpha value is -3.90. The van der Waals surface area contributed by atoms with Crippen molar-refractivity contribution < 1.29 is 34.8 Å². The molecule has 2 aromatic carbocycles. The lowest BCUT2D eigenvalue weighted by Gasteiger charge is -2.33. The third-order valence-electron chi connectivity index (χ3n) is 6.07. The van der Waals surface area contributed by atoms with E-state index in [0.717, 1.165) is 27.4 Å². The second kappa shape index (κ2) is 13.1. The number of thiophene rings is 1. The third-order valence-corrected chi connectivity index (χ3v) is 6.95. The largest absolute Gasteiger partial charge is 0.479 e. The SMILES string of the molecule is CNC(C(=O)c1cccs1)C1CN=C(c2ccccc2)c2ccccc2N1C.O=C(O)C(O)C(O)C(=O)O. The van der Waals surface area contributed by atoms with E-state index in [1.807, 2.05) is 54.9 Å². The maximum Gasteiger partial charge on any atom is 0.335 e. The Morgan fingerprint density at radius 1 is 0.947 bits per heavy atom. The molecule has 0 radical (unpaired) electrons. The first-order valence-corrected chi connectivity index (χ1v) is 12.5. The number of carboxylic acid groups (broad SMARTS) is 2. The molecule has 1 aromatic heterocycles. The number of benzodiazepines with no additional fused rings is 1. The van der Waals surface area contributed by atoms with Gasteiger partial charge in [-0.1, -0.05) is 54.6 Å². The van der Waals surface area contributed by atoms with Crippen LogP contribution >= 0.6 is 11.3 Å². The Bertz CT molecular complexity index is 1260. The van der Waals surface area contributed by atoms with E-state index in [0.29, 0.717) is 6.54 Å². The number of carboxylic acids is 2. The first-order chi connectivity index (χ1) is 18.2. The lowest BCUT2D eigenvalue weighted by Crippen LogP contribution is -2.53. The summed E-state index contributed by atoms with van der Waals surface area (Å²) in [6, 6.07) is 21.9. The minimum atomic E-state index is -2.27. The van der Waals surface area contributed by atoms with Gasteiger partial charge in [-0.15, -0.1) is 11.3 Å². The van der Waals surface area contributed by atoms with E-state index in [2.05, 4.69) is 41.5 Å². The highest BCUT2D eigenvalue weighted by molar-refractivity contribution is 7.12. The number of carbonyl (C=O) groups is 3. The topological polar surface area (TPSA) is 160 Å². The van der Waals surface area contributed by atoms with Gasteiger partial charge < -0.3 is 30.6 Å². The van der Waals surface area contributed by atoms with Crippen molar-refractivity contribution >= 4 is 40.5 Å². The number of aliphatic hydroxyl groups is 2. The van der Waals surface area contributed by atoms with Crippen molar-refractivity contribution in [1.82, 2.24) is 5.32 Å². The summed E-state index contributed by atoms with van der Waals surface area (Å²) >= 11 is 1.48. The van der Waals surface area contributed by atoms with Crippen LogP contribution in [0.5, 0.6) is 0 Å². The molecule has 0 aliphatic carbocycles. The van der Waals surface area contributed by atoms with Crippen LogP contribution in [0, 0.1) is 0 Å². The molecule has 2 heterocycles. The van der Waals surface area contributed by atoms with E-state index < -0.39 is 24.1 Å². The molecule has 0 amide bonds. The van der Waals surface area contributed by atoms with E-state index in [1.54, 1.807) is 0 Å². The van der Waals surface area contributed by atoms with Gasteiger partial charge in [0.2, 0.25) is 0 Å². The van der Waals surface area contributed by atoms with Crippen LogP contribution in [0.3, 0.4) is 0 Å². The average Bonchev–Trinajstić information content (AvgIpc) is 3.43. The number of benzene rings is 2. The summed E-state index contributed by atoms with van der Waals surface area (Å²) in [5, 5.41) is 37.7. The van der Waals surface area contributed by atoms with Crippen LogP contribution in [0.4, 0.5) is 5.69 Å². The van der Waals surface area contributed by atoms with Crippen molar-refractivity contribution in [2.45, 2.75) is 24.3 Å². The quantitative estimate of drug-likeness (QED) is 0.269. The number of fused-ring (bicyclic) bond motifs is 1. The summed E-state index contributed by atoms with van der Waals surface area (Å²) in [6.45, 7) is 0.540. The Kier molecular flexibility index (Phi) is 9.85. The number of rotatable bonds is 8. The highest BCUT2D eigenvalue weighted by Crippen LogP contribution is 2.29. The minimum Gasteiger partial charge on any atom is -0.479 e. The first kappa shape index (κ1) is 28.7. The third kappa shape index (κ3) is 6.50. The number of aliphatic carboxylic acids is 2. The molecule has 10 nitrogen and oxygen atoms in total. The van der Waals surface area contributed by atoms with Gasteiger partial charge >= 0.3 is 11.9 Å². The Morgan fingerprint density at radius 2 is 1.55 bits per heavy atom. The Balaban J connectivity index is 0.000000342. The van der Waals surface area contributed by atoms with Crippen LogP contribution in [-0.4, -0.2) is 88.8 Å². The first-order valence-electron chi connectivity index (χ1n) is 11.7. The lowest BCUT2D eigenvalue weighted by molar-refractivity contribution is -0.165. The fourth-order valence-electron chi connectivity index (χ4n) is 4.06. The van der Waals surface area contributed by atoms with Crippen molar-refractivity contribution in [3.8, 4) is 0 Å². The number of likely N-dealkylation sites (N-methyl/N-ethyl adjacent to an activating group) is 2. The van der Waals surface area contributed by atoms with E-state index >= 15 is 0 Å². The molecular weight excluding hydrogens is 510 g/mol. The number of nitrogens with zero attached hydrogens (tertiary/aromatic N) is 2. The number of ketones is 1. The molecule has 0 bridgehead atoms. The van der Waals surface area contributed by atoms with Crippen molar-refractivity contribution in [3.63, 3.8) is 0 Å². The normalized spacial score (nSPS) is 17.0. The standard InChI is InChI=1S/C23H23N3OS.C4H6O6/c1-24-22(23(27)20-13-8-14-28-20)19-15-25-21(16-9-4-3-5-10-16)17-11-6-7-12-18(17)26(19)2;5-1(3(7)8)2(6)4(9)10/h3-14,19,22,24H,15H2,1-2H3;1-2,5-6H,(H,7,8)(H,9,10). The molecule has 0 fully saturated rings. The number of aliphatic hydroxyl groups excluding tert-OH is 2. The van der Waals surface area contributed by atoms with Gasteiger partial charge in [0.1, 0.15) is 0 Å². The number of para-hydroxylation sites is 1. The summed E-state index contributed by atoms with van der Waals surface area (Å²) in [5.74, 6) is -3.42. The number of hydrogen-bond donors (Lipinski definition) is 5. The van der Waals surface area contributed by atoms with Gasteiger partial charge in [-0.3, -0.25) is 9.79 Å². The maximum atomic E-state index is 13.1. The van der Waals surface area contributed by atoms with Crippen LogP contribution in [0.25, 0.3) is 0 Å². The summed E-state index contributed by atoms with van der Waals surface area (Å²) < 4.78 is 0. The van der Waals surface area contributed by atoms with Crippen molar-refractivity contribution in [2.24, 2.45) is 4.99 Å². The van der Waals surface area contributed by atoms with Crippen LogP contribution in [0.15, 0.2) is 77.1 Å². The van der Waals surface area contributed by atoms with Gasteiger partial charge in [-0.2, -0.15) is 0 Å². The monoisotopic (exact) mass is 539 g/mol. The summed E-state index contributed by atoms with van der Waals surface area (Å²) in [5.41, 5.74) is 4.25. The molecule has 11 heteroatoms. The fourth-order valence-corrected chi connectivity index (χ4v) is 4.77. The molecule has 0 saturated carbocycles. The minimum absolute atomic E-state index is 0.0815. The molecule has 4 atom stereocenters. The highest BCUT2D eigenvalue weighted by Gasteiger charge is 2.34. The van der Waals surface area contributed by atoms with Crippen LogP contribution in [0.1, 0.15) is 20.8 Å². The van der Waals surface area contributed by atoms with Crippen molar-refractivity contribution in [2.75, 3.05) is 25.5 Å². The number of carbonyl (C=O) groups excluding carboxylic acids is 1. The molecule has 1 aliphatic rings. The van der Waals surface area contributed by atoms with Crippen LogP contribution < -0.4 is 10.2 Å². The van der Waals surface area contributed by atoms with E-state index in [9.17, 15) is 14.4 Å². The number of Topliss-reactive ketones (excluding diaryl/α,β-unsaturated/α-hetero) is 1. The van der Waals surface area contributed by atoms with E-state index in [-0.39, 0.29) is 17.9 Å². The van der Waals surface area contributed by atoms with E-state index in [4.69, 9.17) is 25.4 Å². The molecule has 0 saturated heterocycles. The fraction of sp³-hybridized carbons (Fsp3) is 0.259. The lowest BCUT2D eigenvalue weighted by atomic mass is 9.99. The van der Waals surface area contributed by atoms with Gasteiger partial charge in [-0.05, 0) is 24.6 Å². The number of nitrogens with one attached hydrogen (secondary N) is 1. The predicted octanol–water partition coefficient (Wildman–Crippen LogP) is 1.75. The van der Waals surface area contributed by atoms with Gasteiger partial charge in [0.25, 0.3) is 0 Å². The molecular formula is C27H29N3O7S. The van der Waals surface area contributed by atoms with Crippen LogP contribution in [-0.2, 0) is 9.59 Å². The zero-order valence-electron chi connectivity index (χ0n) is 20.8.